The van der Waals surface area contributed by atoms with E-state index >= 15 is 0 Å². The summed E-state index contributed by atoms with van der Waals surface area (Å²) in [5, 5.41) is 5.65. The molecule has 1 spiro atoms. The third-order valence-corrected chi connectivity index (χ3v) is 5.31. The van der Waals surface area contributed by atoms with Gasteiger partial charge in [-0.1, -0.05) is 6.42 Å². The molecule has 150 valence electrons. The number of nitrogens with zero attached hydrogens (tertiary/aromatic N) is 1. The van der Waals surface area contributed by atoms with E-state index in [1.165, 1.54) is 38.6 Å². The average molecular weight is 387 g/mol. The number of nitrogens with one attached hydrogen (secondary N) is 2. The predicted octanol–water partition coefficient (Wildman–Crippen LogP) is 3.17. The Hall–Kier alpha value is -2.03. The second-order valence-electron chi connectivity index (χ2n) is 7.39. The number of halogens is 3. The van der Waals surface area contributed by atoms with Crippen LogP contribution in [0.3, 0.4) is 0 Å². The van der Waals surface area contributed by atoms with Crippen molar-refractivity contribution in [3.05, 3.63) is 23.9 Å². The monoisotopic (exact) mass is 387 g/mol. The fraction of sp³-hybridized carbons (Fsp3) is 0.667. The van der Waals surface area contributed by atoms with Crippen LogP contribution in [-0.2, 0) is 11.3 Å². The molecule has 0 aliphatic heterocycles. The summed E-state index contributed by atoms with van der Waals surface area (Å²) in [4.78, 5) is 15.8. The zero-order valence-electron chi connectivity index (χ0n) is 15.1. The molecule has 2 N–H and O–H groups in total. The van der Waals surface area contributed by atoms with Crippen LogP contribution < -0.4 is 15.4 Å². The van der Waals surface area contributed by atoms with E-state index in [1.807, 2.05) is 0 Å². The SMILES string of the molecule is COCC(Oc1cc(CNC(=O)NC2CC3(CCC3)C2)ccn1)C(F)(F)F. The van der Waals surface area contributed by atoms with Crippen LogP contribution in [0.2, 0.25) is 0 Å². The van der Waals surface area contributed by atoms with Crippen molar-refractivity contribution in [2.75, 3.05) is 13.7 Å². The molecule has 0 radical (unpaired) electrons. The lowest BCUT2D eigenvalue weighted by Crippen LogP contribution is -2.55. The largest absolute Gasteiger partial charge is 0.462 e. The van der Waals surface area contributed by atoms with Crippen molar-refractivity contribution in [2.24, 2.45) is 5.41 Å². The minimum atomic E-state index is -4.56. The van der Waals surface area contributed by atoms with E-state index in [4.69, 9.17) is 4.74 Å². The molecule has 2 saturated carbocycles. The fourth-order valence-corrected chi connectivity index (χ4v) is 3.71. The quantitative estimate of drug-likeness (QED) is 0.754. The maximum atomic E-state index is 12.9. The molecule has 2 aliphatic carbocycles. The Morgan fingerprint density at radius 1 is 1.41 bits per heavy atom. The molecular weight excluding hydrogens is 363 g/mol. The van der Waals surface area contributed by atoms with Crippen molar-refractivity contribution in [1.82, 2.24) is 15.6 Å². The number of rotatable bonds is 7. The van der Waals surface area contributed by atoms with Crippen LogP contribution in [0.4, 0.5) is 18.0 Å². The van der Waals surface area contributed by atoms with Crippen LogP contribution in [0.15, 0.2) is 18.3 Å². The third kappa shape index (κ3) is 5.03. The number of carbonyl (C=O) groups excluding carboxylic acids is 1. The summed E-state index contributed by atoms with van der Waals surface area (Å²) < 4.78 is 48.1. The number of carbonyl (C=O) groups is 1. The molecule has 0 aromatic carbocycles. The zero-order chi connectivity index (χ0) is 19.5. The first kappa shape index (κ1) is 19.7. The first-order valence-corrected chi connectivity index (χ1v) is 9.01. The molecular formula is C18H24F3N3O3. The van der Waals surface area contributed by atoms with Crippen molar-refractivity contribution in [3.8, 4) is 5.88 Å². The number of aromatic nitrogens is 1. The Morgan fingerprint density at radius 3 is 2.74 bits per heavy atom. The summed E-state index contributed by atoms with van der Waals surface area (Å²) in [5.41, 5.74) is 1.07. The summed E-state index contributed by atoms with van der Waals surface area (Å²) >= 11 is 0. The average Bonchev–Trinajstić information content (AvgIpc) is 2.53. The van der Waals surface area contributed by atoms with Crippen molar-refractivity contribution in [3.63, 3.8) is 0 Å². The second kappa shape index (κ2) is 7.92. The van der Waals surface area contributed by atoms with Gasteiger partial charge in [0, 0.05) is 32.0 Å². The van der Waals surface area contributed by atoms with Crippen LogP contribution in [-0.4, -0.2) is 43.1 Å². The highest BCUT2D eigenvalue weighted by Crippen LogP contribution is 2.55. The van der Waals surface area contributed by atoms with Gasteiger partial charge in [0.15, 0.2) is 0 Å². The predicted molar refractivity (Wildman–Crippen MR) is 91.3 cm³/mol. The summed E-state index contributed by atoms with van der Waals surface area (Å²) in [6.07, 6.45) is 0.550. The standard InChI is InChI=1S/C18H24F3N3O3/c1-26-11-14(18(19,20)21)27-15-7-12(3-6-22-15)10-23-16(25)24-13-8-17(9-13)4-2-5-17/h3,6-7,13-14H,2,4-5,8-11H2,1H3,(H2,23,24,25). The zero-order valence-corrected chi connectivity index (χ0v) is 15.1. The van der Waals surface area contributed by atoms with Gasteiger partial charge in [0.05, 0.1) is 6.61 Å². The molecule has 27 heavy (non-hydrogen) atoms. The van der Waals surface area contributed by atoms with Crippen molar-refractivity contribution in [1.29, 1.82) is 0 Å². The van der Waals surface area contributed by atoms with Gasteiger partial charge in [-0.15, -0.1) is 0 Å². The van der Waals surface area contributed by atoms with Gasteiger partial charge in [-0.05, 0) is 42.7 Å². The van der Waals surface area contributed by atoms with Crippen LogP contribution in [0.25, 0.3) is 0 Å². The molecule has 3 rings (SSSR count). The third-order valence-electron chi connectivity index (χ3n) is 5.31. The van der Waals surface area contributed by atoms with E-state index in [1.54, 1.807) is 6.07 Å². The van der Waals surface area contributed by atoms with Gasteiger partial charge in [0.25, 0.3) is 0 Å². The summed E-state index contributed by atoms with van der Waals surface area (Å²) in [7, 11) is 1.17. The van der Waals surface area contributed by atoms with E-state index in [0.717, 1.165) is 12.8 Å². The summed E-state index contributed by atoms with van der Waals surface area (Å²) in [5.74, 6) is -0.167. The number of methoxy groups -OCH3 is 1. The molecule has 9 heteroatoms. The Morgan fingerprint density at radius 2 is 2.15 bits per heavy atom. The van der Waals surface area contributed by atoms with Gasteiger partial charge in [-0.2, -0.15) is 13.2 Å². The lowest BCUT2D eigenvalue weighted by atomic mass is 9.54. The number of urea groups is 1. The highest BCUT2D eigenvalue weighted by Gasteiger charge is 2.48. The van der Waals surface area contributed by atoms with E-state index < -0.39 is 18.9 Å². The Balaban J connectivity index is 1.46. The van der Waals surface area contributed by atoms with E-state index in [0.29, 0.717) is 11.0 Å². The van der Waals surface area contributed by atoms with Gasteiger partial charge >= 0.3 is 12.2 Å². The molecule has 1 aromatic heterocycles. The van der Waals surface area contributed by atoms with Gasteiger partial charge < -0.3 is 20.1 Å². The number of alkyl halides is 3. The summed E-state index contributed by atoms with van der Waals surface area (Å²) in [6.45, 7) is -0.456. The lowest BCUT2D eigenvalue weighted by Gasteiger charge is -2.54. The molecule has 1 aromatic rings. The minimum absolute atomic E-state index is 0.167. The van der Waals surface area contributed by atoms with Gasteiger partial charge in [-0.25, -0.2) is 9.78 Å². The van der Waals surface area contributed by atoms with Crippen LogP contribution >= 0.6 is 0 Å². The number of hydrogen-bond acceptors (Lipinski definition) is 4. The first-order chi connectivity index (χ1) is 12.8. The molecule has 2 fully saturated rings. The number of ether oxygens (including phenoxy) is 2. The second-order valence-corrected chi connectivity index (χ2v) is 7.39. The molecule has 2 amide bonds. The van der Waals surface area contributed by atoms with Gasteiger partial charge in [-0.3, -0.25) is 0 Å². The topological polar surface area (TPSA) is 72.5 Å². The summed E-state index contributed by atoms with van der Waals surface area (Å²) in [6, 6.07) is 2.92. The molecule has 2 aliphatic rings. The smallest absolute Gasteiger partial charge is 0.427 e. The van der Waals surface area contributed by atoms with Gasteiger partial charge in [0.2, 0.25) is 12.0 Å². The molecule has 1 unspecified atom stereocenters. The lowest BCUT2D eigenvalue weighted by molar-refractivity contribution is -0.207. The minimum Gasteiger partial charge on any atom is -0.462 e. The highest BCUT2D eigenvalue weighted by atomic mass is 19.4. The molecule has 1 atom stereocenters. The highest BCUT2D eigenvalue weighted by molar-refractivity contribution is 5.74. The fourth-order valence-electron chi connectivity index (χ4n) is 3.71. The van der Waals surface area contributed by atoms with Crippen molar-refractivity contribution in [2.45, 2.75) is 57.0 Å². The number of hydrogen-bond donors (Lipinski definition) is 2. The maximum absolute atomic E-state index is 12.9. The molecule has 6 nitrogen and oxygen atoms in total. The maximum Gasteiger partial charge on any atom is 0.427 e. The Kier molecular flexibility index (Phi) is 5.78. The van der Waals surface area contributed by atoms with Gasteiger partial charge in [0.1, 0.15) is 0 Å². The number of pyridine rings is 1. The molecule has 0 saturated heterocycles. The van der Waals surface area contributed by atoms with Crippen LogP contribution in [0.1, 0.15) is 37.7 Å². The Labute approximate surface area is 155 Å². The first-order valence-electron chi connectivity index (χ1n) is 9.01. The van der Waals surface area contributed by atoms with E-state index in [-0.39, 0.29) is 24.5 Å². The molecule has 0 bridgehead atoms. The van der Waals surface area contributed by atoms with Crippen molar-refractivity contribution < 1.29 is 27.4 Å². The van der Waals surface area contributed by atoms with Crippen molar-refractivity contribution >= 4 is 6.03 Å². The van der Waals surface area contributed by atoms with Crippen LogP contribution in [0.5, 0.6) is 5.88 Å². The normalized spacial score (nSPS) is 19.7. The van der Waals surface area contributed by atoms with Crippen LogP contribution in [0, 0.1) is 5.41 Å². The van der Waals surface area contributed by atoms with E-state index in [2.05, 4.69) is 20.4 Å². The van der Waals surface area contributed by atoms with E-state index in [9.17, 15) is 18.0 Å². The number of amides is 2. The molecule has 1 heterocycles. The Bertz CT molecular complexity index is 657.